The first kappa shape index (κ1) is 27.6. The molecule has 40 heavy (non-hydrogen) atoms. The number of aromatic nitrogens is 4. The van der Waals surface area contributed by atoms with Crippen LogP contribution in [0.1, 0.15) is 28.6 Å². The molecule has 13 heteroatoms. The summed E-state index contributed by atoms with van der Waals surface area (Å²) in [4.78, 5) is 35.6. The second kappa shape index (κ2) is 13.0. The number of fused-ring (bicyclic) bond motifs is 1. The van der Waals surface area contributed by atoms with Gasteiger partial charge >= 0.3 is 0 Å². The van der Waals surface area contributed by atoms with Crippen LogP contribution in [0.3, 0.4) is 0 Å². The standard InChI is InChI=1S/C27H33N9O3S/c1-2-8-36(27-30-15-19(16-31-27)26(37)34-38)9-7-29-17-21-14-22-23(40-21)25(35-10-12-39-13-11-35)33-24(32-22)18-3-5-20(28)6-4-18/h3-6,14-16,29,38H,2,7-13,17,28H2,1H3,(H,34,37). The van der Waals surface area contributed by atoms with Crippen molar-refractivity contribution in [2.24, 2.45) is 0 Å². The molecule has 1 aliphatic heterocycles. The Labute approximate surface area is 236 Å². The van der Waals surface area contributed by atoms with Crippen LogP contribution in [0.25, 0.3) is 21.6 Å². The van der Waals surface area contributed by atoms with Gasteiger partial charge in [-0.2, -0.15) is 0 Å². The second-order valence-electron chi connectivity index (χ2n) is 9.40. The Hall–Kier alpha value is -3.91. The number of hydroxylamine groups is 1. The summed E-state index contributed by atoms with van der Waals surface area (Å²) in [5.74, 6) is 1.53. The van der Waals surface area contributed by atoms with E-state index in [1.165, 1.54) is 17.3 Å². The van der Waals surface area contributed by atoms with Gasteiger partial charge in [0.05, 0.1) is 29.0 Å². The minimum absolute atomic E-state index is 0.199. The van der Waals surface area contributed by atoms with E-state index < -0.39 is 5.91 Å². The van der Waals surface area contributed by atoms with E-state index in [-0.39, 0.29) is 5.56 Å². The van der Waals surface area contributed by atoms with Crippen molar-refractivity contribution in [3.8, 4) is 11.4 Å². The lowest BCUT2D eigenvalue weighted by atomic mass is 10.2. The highest BCUT2D eigenvalue weighted by Crippen LogP contribution is 2.34. The van der Waals surface area contributed by atoms with Gasteiger partial charge in [0.2, 0.25) is 5.95 Å². The number of rotatable bonds is 11. The van der Waals surface area contributed by atoms with Gasteiger partial charge in [0.15, 0.2) is 11.6 Å². The van der Waals surface area contributed by atoms with Crippen LogP contribution in [0, 0.1) is 0 Å². The molecule has 1 amide bonds. The molecule has 4 heterocycles. The van der Waals surface area contributed by atoms with Crippen LogP contribution in [0.2, 0.25) is 0 Å². The van der Waals surface area contributed by atoms with Gasteiger partial charge in [0, 0.05) is 67.8 Å². The fourth-order valence-corrected chi connectivity index (χ4v) is 5.56. The number of nitrogen functional groups attached to an aromatic ring is 1. The summed E-state index contributed by atoms with van der Waals surface area (Å²) >= 11 is 1.71. The molecule has 0 aliphatic carbocycles. The zero-order chi connectivity index (χ0) is 27.9. The lowest BCUT2D eigenvalue weighted by molar-refractivity contribution is 0.0705. The molecule has 210 valence electrons. The molecule has 0 unspecified atom stereocenters. The molecule has 5 rings (SSSR count). The van der Waals surface area contributed by atoms with Crippen LogP contribution in [0.5, 0.6) is 0 Å². The normalized spacial score (nSPS) is 13.5. The highest BCUT2D eigenvalue weighted by molar-refractivity contribution is 7.19. The van der Waals surface area contributed by atoms with E-state index in [1.807, 2.05) is 24.3 Å². The molecule has 0 spiro atoms. The number of hydrogen-bond acceptors (Lipinski definition) is 12. The summed E-state index contributed by atoms with van der Waals surface area (Å²) in [6.45, 7) is 7.92. The lowest BCUT2D eigenvalue weighted by Gasteiger charge is -2.28. The number of thiophene rings is 1. The minimum Gasteiger partial charge on any atom is -0.399 e. The third-order valence-corrected chi connectivity index (χ3v) is 7.64. The quantitative estimate of drug-likeness (QED) is 0.0921. The van der Waals surface area contributed by atoms with Crippen molar-refractivity contribution in [3.05, 3.63) is 53.2 Å². The Morgan fingerprint density at radius 2 is 1.90 bits per heavy atom. The number of benzene rings is 1. The van der Waals surface area contributed by atoms with Gasteiger partial charge in [-0.25, -0.2) is 25.4 Å². The molecule has 1 saturated heterocycles. The summed E-state index contributed by atoms with van der Waals surface area (Å²) < 4.78 is 6.65. The first-order valence-electron chi connectivity index (χ1n) is 13.3. The summed E-state index contributed by atoms with van der Waals surface area (Å²) in [6, 6.07) is 9.78. The van der Waals surface area contributed by atoms with E-state index >= 15 is 0 Å². The first-order valence-corrected chi connectivity index (χ1v) is 14.1. The number of nitrogens with zero attached hydrogens (tertiary/aromatic N) is 6. The van der Waals surface area contributed by atoms with E-state index in [4.69, 9.17) is 25.6 Å². The van der Waals surface area contributed by atoms with Crippen molar-refractivity contribution >= 4 is 44.9 Å². The van der Waals surface area contributed by atoms with Crippen molar-refractivity contribution < 1.29 is 14.7 Å². The zero-order valence-electron chi connectivity index (χ0n) is 22.3. The van der Waals surface area contributed by atoms with E-state index in [9.17, 15) is 4.79 Å². The second-order valence-corrected chi connectivity index (χ2v) is 10.5. The zero-order valence-corrected chi connectivity index (χ0v) is 23.2. The smallest absolute Gasteiger partial charge is 0.277 e. The average Bonchev–Trinajstić information content (AvgIpc) is 3.41. The monoisotopic (exact) mass is 563 g/mol. The molecular formula is C27H33N9O3S. The summed E-state index contributed by atoms with van der Waals surface area (Å²) in [6.07, 6.45) is 3.75. The number of amides is 1. The third-order valence-electron chi connectivity index (χ3n) is 6.52. The van der Waals surface area contributed by atoms with E-state index in [0.29, 0.717) is 43.8 Å². The molecule has 1 aromatic carbocycles. The predicted molar refractivity (Wildman–Crippen MR) is 156 cm³/mol. The highest BCUT2D eigenvalue weighted by atomic mass is 32.1. The van der Waals surface area contributed by atoms with Crippen molar-refractivity contribution in [3.63, 3.8) is 0 Å². The molecular weight excluding hydrogens is 530 g/mol. The molecule has 1 aliphatic rings. The van der Waals surface area contributed by atoms with Crippen molar-refractivity contribution in [2.45, 2.75) is 19.9 Å². The van der Waals surface area contributed by atoms with Gasteiger partial charge in [-0.05, 0) is 36.8 Å². The number of carbonyl (C=O) groups excluding carboxylic acids is 1. The fourth-order valence-electron chi connectivity index (χ4n) is 4.48. The maximum absolute atomic E-state index is 11.6. The van der Waals surface area contributed by atoms with Crippen molar-refractivity contribution in [1.29, 1.82) is 0 Å². The Kier molecular flexibility index (Phi) is 8.96. The first-order chi connectivity index (χ1) is 19.6. The maximum Gasteiger partial charge on any atom is 0.277 e. The van der Waals surface area contributed by atoms with Crippen LogP contribution in [-0.2, 0) is 11.3 Å². The molecule has 12 nitrogen and oxygen atoms in total. The van der Waals surface area contributed by atoms with E-state index in [2.05, 4.69) is 38.1 Å². The van der Waals surface area contributed by atoms with Gasteiger partial charge in [0.1, 0.15) is 0 Å². The topological polar surface area (TPSA) is 155 Å². The summed E-state index contributed by atoms with van der Waals surface area (Å²) in [5.41, 5.74) is 10.3. The van der Waals surface area contributed by atoms with Crippen molar-refractivity contribution in [2.75, 3.05) is 61.5 Å². The van der Waals surface area contributed by atoms with Gasteiger partial charge < -0.3 is 25.6 Å². The maximum atomic E-state index is 11.6. The van der Waals surface area contributed by atoms with E-state index in [0.717, 1.165) is 54.2 Å². The number of nitrogens with two attached hydrogens (primary N) is 1. The van der Waals surface area contributed by atoms with Gasteiger partial charge in [0.25, 0.3) is 5.91 Å². The minimum atomic E-state index is -0.638. The number of carbonyl (C=O) groups is 1. The molecule has 3 aromatic heterocycles. The number of anilines is 3. The number of hydrogen-bond donors (Lipinski definition) is 4. The molecule has 5 N–H and O–H groups in total. The van der Waals surface area contributed by atoms with Crippen molar-refractivity contribution in [1.82, 2.24) is 30.7 Å². The molecule has 1 fully saturated rings. The van der Waals surface area contributed by atoms with Gasteiger partial charge in [-0.1, -0.05) is 6.92 Å². The summed E-state index contributed by atoms with van der Waals surface area (Å²) in [5, 5.41) is 12.3. The molecule has 0 saturated carbocycles. The SMILES string of the molecule is CCCN(CCNCc1cc2nc(-c3ccc(N)cc3)nc(N3CCOCC3)c2s1)c1ncc(C(=O)NO)cn1. The van der Waals surface area contributed by atoms with Crippen LogP contribution < -0.4 is 26.3 Å². The molecule has 0 radical (unpaired) electrons. The van der Waals surface area contributed by atoms with Gasteiger partial charge in [-0.3, -0.25) is 10.0 Å². The average molecular weight is 564 g/mol. The number of morpholine rings is 1. The Balaban J connectivity index is 1.29. The van der Waals surface area contributed by atoms with E-state index in [1.54, 1.807) is 16.8 Å². The van der Waals surface area contributed by atoms with Crippen LogP contribution in [-0.4, -0.2) is 77.0 Å². The largest absolute Gasteiger partial charge is 0.399 e. The lowest BCUT2D eigenvalue weighted by Crippen LogP contribution is -2.36. The van der Waals surface area contributed by atoms with Crippen LogP contribution >= 0.6 is 11.3 Å². The molecule has 4 aromatic rings. The predicted octanol–water partition coefficient (Wildman–Crippen LogP) is 2.69. The fraction of sp³-hybridized carbons (Fsp3) is 0.370. The Morgan fingerprint density at radius 1 is 1.15 bits per heavy atom. The summed E-state index contributed by atoms with van der Waals surface area (Å²) in [7, 11) is 0. The highest BCUT2D eigenvalue weighted by Gasteiger charge is 2.20. The number of nitrogens with one attached hydrogen (secondary N) is 2. The Morgan fingerprint density at radius 3 is 2.60 bits per heavy atom. The third kappa shape index (κ3) is 6.45. The Bertz CT molecular complexity index is 1420. The van der Waals surface area contributed by atoms with Crippen LogP contribution in [0.15, 0.2) is 42.7 Å². The molecule has 0 atom stereocenters. The van der Waals surface area contributed by atoms with Gasteiger partial charge in [-0.15, -0.1) is 11.3 Å². The number of ether oxygens (including phenoxy) is 1. The van der Waals surface area contributed by atoms with Crippen LogP contribution in [0.4, 0.5) is 17.5 Å². The molecule has 0 bridgehead atoms.